The number of rotatable bonds is 7. The van der Waals surface area contributed by atoms with E-state index in [1.807, 2.05) is 0 Å². The summed E-state index contributed by atoms with van der Waals surface area (Å²) in [5.41, 5.74) is 0. The molecule has 1 aromatic rings. The molecule has 0 atom stereocenters. The van der Waals surface area contributed by atoms with Gasteiger partial charge >= 0.3 is 6.01 Å². The number of ether oxygens (including phenoxy) is 1. The zero-order chi connectivity index (χ0) is 11.8. The van der Waals surface area contributed by atoms with Crippen LogP contribution < -0.4 is 15.4 Å². The SMILES string of the molecule is CCNCCCNc1nc(OC)ncc1Cl. The Bertz CT molecular complexity index is 322. The van der Waals surface area contributed by atoms with Crippen molar-refractivity contribution < 1.29 is 4.74 Å². The molecule has 0 aliphatic rings. The Balaban J connectivity index is 2.40. The highest BCUT2D eigenvalue weighted by atomic mass is 35.5. The van der Waals surface area contributed by atoms with Gasteiger partial charge in [-0.25, -0.2) is 4.98 Å². The fraction of sp³-hybridized carbons (Fsp3) is 0.600. The summed E-state index contributed by atoms with van der Waals surface area (Å²) in [6, 6.07) is 0.318. The molecule has 6 heteroatoms. The molecule has 0 radical (unpaired) electrons. The zero-order valence-electron chi connectivity index (χ0n) is 9.59. The Morgan fingerprint density at radius 1 is 1.44 bits per heavy atom. The molecule has 1 aromatic heterocycles. The molecule has 0 aromatic carbocycles. The van der Waals surface area contributed by atoms with Crippen molar-refractivity contribution in [1.82, 2.24) is 15.3 Å². The molecule has 0 aliphatic heterocycles. The van der Waals surface area contributed by atoms with Gasteiger partial charge in [-0.15, -0.1) is 0 Å². The van der Waals surface area contributed by atoms with Crippen LogP contribution in [0, 0.1) is 0 Å². The number of methoxy groups -OCH3 is 1. The number of hydrogen-bond acceptors (Lipinski definition) is 5. The van der Waals surface area contributed by atoms with Crippen LogP contribution in [0.5, 0.6) is 6.01 Å². The molecule has 0 spiro atoms. The Labute approximate surface area is 101 Å². The van der Waals surface area contributed by atoms with Crippen molar-refractivity contribution in [2.75, 3.05) is 32.1 Å². The van der Waals surface area contributed by atoms with Gasteiger partial charge in [0.2, 0.25) is 0 Å². The first kappa shape index (κ1) is 13.0. The van der Waals surface area contributed by atoms with Gasteiger partial charge in [-0.05, 0) is 19.5 Å². The van der Waals surface area contributed by atoms with Gasteiger partial charge in [-0.3, -0.25) is 0 Å². The lowest BCUT2D eigenvalue weighted by Gasteiger charge is -2.08. The number of nitrogens with zero attached hydrogens (tertiary/aromatic N) is 2. The Morgan fingerprint density at radius 2 is 2.25 bits per heavy atom. The minimum atomic E-state index is 0.318. The highest BCUT2D eigenvalue weighted by molar-refractivity contribution is 6.32. The molecular weight excluding hydrogens is 228 g/mol. The number of aromatic nitrogens is 2. The minimum Gasteiger partial charge on any atom is -0.467 e. The topological polar surface area (TPSA) is 59.1 Å². The third-order valence-electron chi connectivity index (χ3n) is 1.98. The van der Waals surface area contributed by atoms with Crippen molar-refractivity contribution in [3.63, 3.8) is 0 Å². The standard InChI is InChI=1S/C10H17ClN4O/c1-3-12-5-4-6-13-9-8(11)7-14-10(15-9)16-2/h7,12H,3-6H2,1-2H3,(H,13,14,15). The average Bonchev–Trinajstić information content (AvgIpc) is 2.31. The first-order chi connectivity index (χ1) is 7.77. The molecule has 1 rings (SSSR count). The molecule has 0 saturated heterocycles. The van der Waals surface area contributed by atoms with Gasteiger partial charge in [0.1, 0.15) is 5.02 Å². The fourth-order valence-corrected chi connectivity index (χ4v) is 1.33. The van der Waals surface area contributed by atoms with Crippen LogP contribution in [0.3, 0.4) is 0 Å². The molecule has 0 amide bonds. The fourth-order valence-electron chi connectivity index (χ4n) is 1.17. The van der Waals surface area contributed by atoms with Crippen LogP contribution in [0.4, 0.5) is 5.82 Å². The number of hydrogen-bond donors (Lipinski definition) is 2. The summed E-state index contributed by atoms with van der Waals surface area (Å²) >= 11 is 5.93. The Kier molecular flexibility index (Phi) is 5.88. The summed E-state index contributed by atoms with van der Waals surface area (Å²) in [4.78, 5) is 8.01. The zero-order valence-corrected chi connectivity index (χ0v) is 10.3. The highest BCUT2D eigenvalue weighted by Crippen LogP contribution is 2.19. The first-order valence-corrected chi connectivity index (χ1v) is 5.66. The summed E-state index contributed by atoms with van der Waals surface area (Å²) in [5.74, 6) is 0.616. The summed E-state index contributed by atoms with van der Waals surface area (Å²) < 4.78 is 4.92. The third kappa shape index (κ3) is 4.20. The molecule has 5 nitrogen and oxygen atoms in total. The second kappa shape index (κ2) is 7.24. The minimum absolute atomic E-state index is 0.318. The largest absolute Gasteiger partial charge is 0.467 e. The van der Waals surface area contributed by atoms with E-state index in [0.717, 1.165) is 26.1 Å². The number of halogens is 1. The van der Waals surface area contributed by atoms with Gasteiger partial charge < -0.3 is 15.4 Å². The number of nitrogens with one attached hydrogen (secondary N) is 2. The molecule has 16 heavy (non-hydrogen) atoms. The van der Waals surface area contributed by atoms with Crippen molar-refractivity contribution in [2.24, 2.45) is 0 Å². The molecule has 0 unspecified atom stereocenters. The molecule has 2 N–H and O–H groups in total. The summed E-state index contributed by atoms with van der Waals surface area (Å²) in [7, 11) is 1.53. The Morgan fingerprint density at radius 3 is 2.94 bits per heavy atom. The van der Waals surface area contributed by atoms with Crippen LogP contribution in [0.2, 0.25) is 5.02 Å². The molecule has 0 fully saturated rings. The second-order valence-electron chi connectivity index (χ2n) is 3.19. The number of anilines is 1. The lowest BCUT2D eigenvalue weighted by Crippen LogP contribution is -2.17. The molecule has 1 heterocycles. The highest BCUT2D eigenvalue weighted by Gasteiger charge is 2.04. The normalized spacial score (nSPS) is 10.2. The lowest BCUT2D eigenvalue weighted by atomic mass is 10.4. The van der Waals surface area contributed by atoms with Crippen LogP contribution in [-0.2, 0) is 0 Å². The lowest BCUT2D eigenvalue weighted by molar-refractivity contribution is 0.380. The average molecular weight is 245 g/mol. The molecular formula is C10H17ClN4O. The Hall–Kier alpha value is -1.07. The van der Waals surface area contributed by atoms with E-state index in [4.69, 9.17) is 16.3 Å². The van der Waals surface area contributed by atoms with Gasteiger partial charge in [0.25, 0.3) is 0 Å². The van der Waals surface area contributed by atoms with E-state index in [1.54, 1.807) is 0 Å². The van der Waals surface area contributed by atoms with Crippen LogP contribution in [0.25, 0.3) is 0 Å². The van der Waals surface area contributed by atoms with E-state index in [2.05, 4.69) is 27.5 Å². The summed E-state index contributed by atoms with van der Waals surface area (Å²) in [6.07, 6.45) is 2.54. The molecule has 90 valence electrons. The van der Waals surface area contributed by atoms with Crippen molar-refractivity contribution in [3.05, 3.63) is 11.2 Å². The maximum atomic E-state index is 5.93. The molecule has 0 bridgehead atoms. The van der Waals surface area contributed by atoms with Gasteiger partial charge in [0.05, 0.1) is 13.3 Å². The monoisotopic (exact) mass is 244 g/mol. The van der Waals surface area contributed by atoms with Crippen molar-refractivity contribution in [1.29, 1.82) is 0 Å². The van der Waals surface area contributed by atoms with Crippen LogP contribution in [-0.4, -0.2) is 36.7 Å². The maximum Gasteiger partial charge on any atom is 0.318 e. The van der Waals surface area contributed by atoms with Crippen molar-refractivity contribution in [2.45, 2.75) is 13.3 Å². The third-order valence-corrected chi connectivity index (χ3v) is 2.25. The van der Waals surface area contributed by atoms with Crippen LogP contribution in [0.1, 0.15) is 13.3 Å². The van der Waals surface area contributed by atoms with Gasteiger partial charge in [0, 0.05) is 6.54 Å². The van der Waals surface area contributed by atoms with Crippen LogP contribution in [0.15, 0.2) is 6.20 Å². The quantitative estimate of drug-likeness (QED) is 0.713. The second-order valence-corrected chi connectivity index (χ2v) is 3.59. The van der Waals surface area contributed by atoms with Crippen molar-refractivity contribution in [3.8, 4) is 6.01 Å². The maximum absolute atomic E-state index is 5.93. The van der Waals surface area contributed by atoms with Gasteiger partial charge in [0.15, 0.2) is 5.82 Å². The smallest absolute Gasteiger partial charge is 0.318 e. The summed E-state index contributed by atoms with van der Waals surface area (Å²) in [6.45, 7) is 4.86. The van der Waals surface area contributed by atoms with E-state index in [-0.39, 0.29) is 0 Å². The van der Waals surface area contributed by atoms with Gasteiger partial charge in [-0.2, -0.15) is 4.98 Å². The first-order valence-electron chi connectivity index (χ1n) is 5.29. The van der Waals surface area contributed by atoms with E-state index in [9.17, 15) is 0 Å². The van der Waals surface area contributed by atoms with E-state index in [0.29, 0.717) is 16.9 Å². The molecule has 0 saturated carbocycles. The predicted octanol–water partition coefficient (Wildman–Crippen LogP) is 1.55. The van der Waals surface area contributed by atoms with Crippen molar-refractivity contribution >= 4 is 17.4 Å². The van der Waals surface area contributed by atoms with E-state index < -0.39 is 0 Å². The van der Waals surface area contributed by atoms with E-state index in [1.165, 1.54) is 13.3 Å². The van der Waals surface area contributed by atoms with Gasteiger partial charge in [-0.1, -0.05) is 18.5 Å². The molecule has 0 aliphatic carbocycles. The summed E-state index contributed by atoms with van der Waals surface area (Å²) in [5, 5.41) is 6.89. The van der Waals surface area contributed by atoms with Crippen LogP contribution >= 0.6 is 11.6 Å². The van der Waals surface area contributed by atoms with E-state index >= 15 is 0 Å². The predicted molar refractivity (Wildman–Crippen MR) is 65.2 cm³/mol.